The number of hydrogen-bond donors (Lipinski definition) is 4. The first-order valence-electron chi connectivity index (χ1n) is 1.85. The van der Waals surface area contributed by atoms with Crippen LogP contribution in [-0.2, 0) is 18.3 Å². The maximum Gasteiger partial charge on any atom is 0.503 e. The van der Waals surface area contributed by atoms with Crippen LogP contribution in [0.1, 0.15) is 0 Å². The summed E-state index contributed by atoms with van der Waals surface area (Å²) in [5.74, 6) is 0. The van der Waals surface area contributed by atoms with Crippen molar-refractivity contribution in [2.24, 2.45) is 0 Å². The molecule has 0 radical (unpaired) electrons. The highest BCUT2D eigenvalue weighted by Gasteiger charge is 2.22. The highest BCUT2D eigenvalue weighted by atomic mass is 33.2. The molecule has 0 aliphatic carbocycles. The maximum atomic E-state index is 9.37. The summed E-state index contributed by atoms with van der Waals surface area (Å²) in [6.45, 7) is 0. The van der Waals surface area contributed by atoms with Crippen LogP contribution in [0.15, 0.2) is 0 Å². The van der Waals surface area contributed by atoms with Gasteiger partial charge in [0.25, 0.3) is 0 Å². The highest BCUT2D eigenvalue weighted by Crippen LogP contribution is 1.90. The molecule has 0 amide bonds. The molecular formula is CH4O9S2. The van der Waals surface area contributed by atoms with Gasteiger partial charge in [0.15, 0.2) is 0 Å². The highest BCUT2D eigenvalue weighted by molar-refractivity contribution is 8.62. The molecule has 0 spiro atoms. The molecule has 0 heterocycles. The molecule has 0 aromatic heterocycles. The van der Waals surface area contributed by atoms with E-state index in [1.807, 2.05) is 0 Å². The standard InChI is InChI=1S/CH2O3.H2O6S2/c2-1(3)4;1-7(2,3)8(4,5)6/h(H2,2,3,4);(H,1,2,3)(H,4,5,6). The van der Waals surface area contributed by atoms with Crippen LogP contribution in [0, 0.1) is 0 Å². The van der Waals surface area contributed by atoms with Crippen molar-refractivity contribution in [1.82, 2.24) is 0 Å². The normalized spacial score (nSPS) is 11.2. The first-order valence-corrected chi connectivity index (χ1v) is 5.25. The van der Waals surface area contributed by atoms with Crippen LogP contribution >= 0.6 is 0 Å². The predicted molar refractivity (Wildman–Crippen MR) is 33.8 cm³/mol. The molecule has 0 aliphatic rings. The molecule has 0 fully saturated rings. The van der Waals surface area contributed by atoms with Gasteiger partial charge in [-0.15, -0.1) is 0 Å². The molecule has 0 atom stereocenters. The average Bonchev–Trinajstić information content (AvgIpc) is 1.55. The minimum Gasteiger partial charge on any atom is -0.450 e. The predicted octanol–water partition coefficient (Wildman–Crippen LogP) is -1.10. The third kappa shape index (κ3) is 9.09. The van der Waals surface area contributed by atoms with Crippen LogP contribution in [0.25, 0.3) is 0 Å². The van der Waals surface area contributed by atoms with Crippen molar-refractivity contribution < 1.29 is 40.9 Å². The summed E-state index contributed by atoms with van der Waals surface area (Å²) in [6, 6.07) is 0. The zero-order valence-corrected chi connectivity index (χ0v) is 6.78. The van der Waals surface area contributed by atoms with E-state index in [0.717, 1.165) is 0 Å². The van der Waals surface area contributed by atoms with Gasteiger partial charge in [0.1, 0.15) is 0 Å². The third-order valence-corrected chi connectivity index (χ3v) is 2.40. The van der Waals surface area contributed by atoms with Gasteiger partial charge in [-0.25, -0.2) is 4.79 Å². The van der Waals surface area contributed by atoms with Gasteiger partial charge < -0.3 is 10.2 Å². The zero-order valence-electron chi connectivity index (χ0n) is 5.15. The Balaban J connectivity index is 0. The van der Waals surface area contributed by atoms with Crippen molar-refractivity contribution in [3.8, 4) is 0 Å². The summed E-state index contributed by atoms with van der Waals surface area (Å²) in [5.41, 5.74) is 0. The van der Waals surface area contributed by atoms with Crippen molar-refractivity contribution in [1.29, 1.82) is 0 Å². The van der Waals surface area contributed by atoms with Gasteiger partial charge in [0.2, 0.25) is 0 Å². The van der Waals surface area contributed by atoms with Gasteiger partial charge in [-0.1, -0.05) is 0 Å². The smallest absolute Gasteiger partial charge is 0.450 e. The number of carboxylic acid groups (broad SMARTS) is 2. The van der Waals surface area contributed by atoms with Crippen molar-refractivity contribution in [3.63, 3.8) is 0 Å². The summed E-state index contributed by atoms with van der Waals surface area (Å²) in [5, 5.41) is 13.9. The number of hydrogen-bond acceptors (Lipinski definition) is 5. The lowest BCUT2D eigenvalue weighted by Crippen LogP contribution is -2.11. The van der Waals surface area contributed by atoms with Crippen molar-refractivity contribution in [2.75, 3.05) is 0 Å². The number of rotatable bonds is 1. The largest absolute Gasteiger partial charge is 0.503 e. The van der Waals surface area contributed by atoms with Crippen LogP contribution in [0.5, 0.6) is 0 Å². The average molecular weight is 224 g/mol. The fourth-order valence-corrected chi connectivity index (χ4v) is 0. The van der Waals surface area contributed by atoms with Gasteiger partial charge >= 0.3 is 24.5 Å². The molecule has 0 saturated carbocycles. The van der Waals surface area contributed by atoms with Gasteiger partial charge in [-0.05, 0) is 0 Å². The molecule has 0 aromatic carbocycles. The minimum absolute atomic E-state index is 1.83. The van der Waals surface area contributed by atoms with Crippen LogP contribution < -0.4 is 0 Å². The zero-order chi connectivity index (χ0) is 10.6. The van der Waals surface area contributed by atoms with Gasteiger partial charge in [-0.2, -0.15) is 16.8 Å². The fraction of sp³-hybridized carbons (Fsp3) is 0. The second-order valence-corrected chi connectivity index (χ2v) is 5.38. The van der Waals surface area contributed by atoms with E-state index in [2.05, 4.69) is 0 Å². The molecule has 12 heavy (non-hydrogen) atoms. The molecule has 0 saturated heterocycles. The van der Waals surface area contributed by atoms with E-state index >= 15 is 0 Å². The van der Waals surface area contributed by atoms with E-state index in [1.54, 1.807) is 0 Å². The van der Waals surface area contributed by atoms with Crippen LogP contribution in [0.3, 0.4) is 0 Å². The first-order chi connectivity index (χ1) is 4.98. The minimum atomic E-state index is -5.31. The Hall–Kier alpha value is -0.910. The monoisotopic (exact) mass is 224 g/mol. The fourth-order valence-electron chi connectivity index (χ4n) is 0. The van der Waals surface area contributed by atoms with Crippen LogP contribution in [0.4, 0.5) is 4.79 Å². The molecule has 11 heteroatoms. The summed E-state index contributed by atoms with van der Waals surface area (Å²) >= 11 is 0. The Labute approximate surface area is 66.2 Å². The first kappa shape index (κ1) is 13.7. The maximum absolute atomic E-state index is 9.37. The third-order valence-electron chi connectivity index (χ3n) is 0.266. The molecule has 0 aromatic rings. The second kappa shape index (κ2) is 4.20. The lowest BCUT2D eigenvalue weighted by Gasteiger charge is -1.84. The topological polar surface area (TPSA) is 166 Å². The Morgan fingerprint density at radius 2 is 0.917 bits per heavy atom. The van der Waals surface area contributed by atoms with Gasteiger partial charge in [0, 0.05) is 0 Å². The van der Waals surface area contributed by atoms with Gasteiger partial charge in [0.05, 0.1) is 0 Å². The van der Waals surface area contributed by atoms with Crippen molar-refractivity contribution in [2.45, 2.75) is 0 Å². The van der Waals surface area contributed by atoms with Crippen molar-refractivity contribution >= 4 is 24.5 Å². The lowest BCUT2D eigenvalue weighted by atomic mass is 11.5. The SMILES string of the molecule is O=C(O)O.O=S(=O)(O)S(=O)(=O)O. The molecular weight excluding hydrogens is 220 g/mol. The lowest BCUT2D eigenvalue weighted by molar-refractivity contribution is 0.137. The quantitative estimate of drug-likeness (QED) is 0.319. The van der Waals surface area contributed by atoms with E-state index in [4.69, 9.17) is 24.1 Å². The Kier molecular flexibility index (Phi) is 4.78. The Morgan fingerprint density at radius 1 is 0.833 bits per heavy atom. The van der Waals surface area contributed by atoms with E-state index in [1.165, 1.54) is 0 Å². The molecule has 0 bridgehead atoms. The molecule has 9 nitrogen and oxygen atoms in total. The van der Waals surface area contributed by atoms with Crippen LogP contribution in [0.2, 0.25) is 0 Å². The van der Waals surface area contributed by atoms with E-state index in [0.29, 0.717) is 0 Å². The summed E-state index contributed by atoms with van der Waals surface area (Å²) in [7, 11) is -10.6. The summed E-state index contributed by atoms with van der Waals surface area (Å²) in [6.07, 6.45) is -1.83. The molecule has 0 rings (SSSR count). The van der Waals surface area contributed by atoms with Gasteiger partial charge in [-0.3, -0.25) is 9.11 Å². The molecule has 74 valence electrons. The Morgan fingerprint density at radius 3 is 0.917 bits per heavy atom. The van der Waals surface area contributed by atoms with E-state index in [-0.39, 0.29) is 0 Å². The summed E-state index contributed by atoms with van der Waals surface area (Å²) in [4.78, 5) is 8.56. The molecule has 4 N–H and O–H groups in total. The van der Waals surface area contributed by atoms with Crippen molar-refractivity contribution in [3.05, 3.63) is 0 Å². The van der Waals surface area contributed by atoms with E-state index in [9.17, 15) is 16.8 Å². The Bertz CT molecular complexity index is 295. The second-order valence-electron chi connectivity index (χ2n) is 1.14. The van der Waals surface area contributed by atoms with Crippen LogP contribution in [-0.4, -0.2) is 42.3 Å². The molecule has 0 unspecified atom stereocenters. The number of carbonyl (C=O) groups is 1. The van der Waals surface area contributed by atoms with E-state index < -0.39 is 24.5 Å². The molecule has 0 aliphatic heterocycles. The summed E-state index contributed by atoms with van der Waals surface area (Å²) < 4.78 is 52.5.